The van der Waals surface area contributed by atoms with Crippen molar-refractivity contribution >= 4 is 29.0 Å². The molecule has 0 aliphatic carbocycles. The van der Waals surface area contributed by atoms with Crippen LogP contribution in [-0.2, 0) is 11.2 Å². The minimum absolute atomic E-state index is 0.0754. The molecule has 2 heterocycles. The van der Waals surface area contributed by atoms with Crippen molar-refractivity contribution in [1.29, 1.82) is 0 Å². The number of aromatic nitrogens is 2. The van der Waals surface area contributed by atoms with Gasteiger partial charge >= 0.3 is 5.69 Å². The molecule has 0 bridgehead atoms. The van der Waals surface area contributed by atoms with Crippen molar-refractivity contribution in [2.24, 2.45) is 0 Å². The Morgan fingerprint density at radius 3 is 2.92 bits per heavy atom. The first-order chi connectivity index (χ1) is 11.5. The number of hydrogen-bond acceptors (Lipinski definition) is 7. The summed E-state index contributed by atoms with van der Waals surface area (Å²) in [5, 5.41) is 13.6. The van der Waals surface area contributed by atoms with Crippen LogP contribution in [-0.4, -0.2) is 33.4 Å². The second kappa shape index (κ2) is 6.11. The van der Waals surface area contributed by atoms with E-state index in [4.69, 9.17) is 5.73 Å². The highest BCUT2D eigenvalue weighted by molar-refractivity contribution is 6.00. The SMILES string of the molecule is CC(Nc1ncc([N+](=O)[O-])c(N)n1)C(=O)N1CCc2ccccc21. The highest BCUT2D eigenvalue weighted by atomic mass is 16.6. The van der Waals surface area contributed by atoms with Gasteiger partial charge in [-0.2, -0.15) is 4.98 Å². The van der Waals surface area contributed by atoms with Crippen LogP contribution in [0.2, 0.25) is 0 Å². The summed E-state index contributed by atoms with van der Waals surface area (Å²) in [6.07, 6.45) is 1.84. The molecule has 124 valence electrons. The van der Waals surface area contributed by atoms with Crippen molar-refractivity contribution in [3.05, 3.63) is 46.1 Å². The third-order valence-corrected chi connectivity index (χ3v) is 3.86. The minimum Gasteiger partial charge on any atom is -0.378 e. The van der Waals surface area contributed by atoms with Crippen molar-refractivity contribution in [1.82, 2.24) is 9.97 Å². The van der Waals surface area contributed by atoms with Gasteiger partial charge < -0.3 is 16.0 Å². The molecule has 3 rings (SSSR count). The van der Waals surface area contributed by atoms with E-state index in [1.54, 1.807) is 11.8 Å². The largest absolute Gasteiger partial charge is 0.378 e. The molecule has 0 spiro atoms. The summed E-state index contributed by atoms with van der Waals surface area (Å²) in [6.45, 7) is 2.30. The minimum atomic E-state index is -0.658. The van der Waals surface area contributed by atoms with E-state index in [9.17, 15) is 14.9 Å². The molecular formula is C15H16N6O3. The standard InChI is InChI=1S/C15H16N6O3/c1-9(18-15-17-8-12(21(23)24)13(16)19-15)14(22)20-7-6-10-4-2-3-5-11(10)20/h2-5,8-9H,6-7H2,1H3,(H3,16,17,18,19). The van der Waals surface area contributed by atoms with Crippen molar-refractivity contribution in [3.8, 4) is 0 Å². The predicted molar refractivity (Wildman–Crippen MR) is 88.7 cm³/mol. The van der Waals surface area contributed by atoms with Gasteiger partial charge in [0.1, 0.15) is 12.2 Å². The number of rotatable bonds is 4. The van der Waals surface area contributed by atoms with Gasteiger partial charge in [0.05, 0.1) is 4.92 Å². The van der Waals surface area contributed by atoms with E-state index < -0.39 is 11.0 Å². The lowest BCUT2D eigenvalue weighted by atomic mass is 10.2. The van der Waals surface area contributed by atoms with E-state index in [-0.39, 0.29) is 23.4 Å². The molecule has 1 aliphatic heterocycles. The van der Waals surface area contributed by atoms with E-state index >= 15 is 0 Å². The van der Waals surface area contributed by atoms with E-state index in [1.807, 2.05) is 24.3 Å². The highest BCUT2D eigenvalue weighted by Crippen LogP contribution is 2.28. The Hall–Kier alpha value is -3.23. The monoisotopic (exact) mass is 328 g/mol. The number of benzene rings is 1. The lowest BCUT2D eigenvalue weighted by Crippen LogP contribution is -2.40. The average Bonchev–Trinajstić information content (AvgIpc) is 2.97. The van der Waals surface area contributed by atoms with Gasteiger partial charge in [-0.05, 0) is 25.0 Å². The van der Waals surface area contributed by atoms with Gasteiger partial charge in [0.15, 0.2) is 0 Å². The lowest BCUT2D eigenvalue weighted by Gasteiger charge is -2.22. The third-order valence-electron chi connectivity index (χ3n) is 3.86. The predicted octanol–water partition coefficient (Wildman–Crippen LogP) is 1.36. The maximum Gasteiger partial charge on any atom is 0.329 e. The van der Waals surface area contributed by atoms with Gasteiger partial charge in [-0.15, -0.1) is 0 Å². The Morgan fingerprint density at radius 2 is 2.21 bits per heavy atom. The van der Waals surface area contributed by atoms with Crippen molar-refractivity contribution < 1.29 is 9.72 Å². The zero-order valence-corrected chi connectivity index (χ0v) is 13.0. The Labute approximate surface area is 137 Å². The molecule has 1 aromatic carbocycles. The second-order valence-corrected chi connectivity index (χ2v) is 5.46. The van der Waals surface area contributed by atoms with Crippen LogP contribution in [0.5, 0.6) is 0 Å². The van der Waals surface area contributed by atoms with E-state index in [0.29, 0.717) is 6.54 Å². The lowest BCUT2D eigenvalue weighted by molar-refractivity contribution is -0.384. The topological polar surface area (TPSA) is 127 Å². The normalized spacial score (nSPS) is 14.1. The fourth-order valence-corrected chi connectivity index (χ4v) is 2.66. The summed E-state index contributed by atoms with van der Waals surface area (Å²) in [7, 11) is 0. The number of anilines is 3. The van der Waals surface area contributed by atoms with Crippen molar-refractivity contribution in [2.45, 2.75) is 19.4 Å². The van der Waals surface area contributed by atoms with Gasteiger partial charge in [0.2, 0.25) is 17.7 Å². The Kier molecular flexibility index (Phi) is 3.98. The number of nitrogens with two attached hydrogens (primary N) is 1. The molecule has 1 amide bonds. The molecule has 1 atom stereocenters. The molecule has 1 aliphatic rings. The molecule has 1 unspecified atom stereocenters. The Bertz CT molecular complexity index is 810. The number of nitro groups is 1. The van der Waals surface area contributed by atoms with Crippen LogP contribution < -0.4 is 16.0 Å². The summed E-state index contributed by atoms with van der Waals surface area (Å²) in [6, 6.07) is 7.15. The summed E-state index contributed by atoms with van der Waals surface area (Å²) < 4.78 is 0. The van der Waals surface area contributed by atoms with E-state index in [1.165, 1.54) is 0 Å². The molecule has 0 saturated heterocycles. The van der Waals surface area contributed by atoms with Crippen LogP contribution in [0, 0.1) is 10.1 Å². The fourth-order valence-electron chi connectivity index (χ4n) is 2.66. The smallest absolute Gasteiger partial charge is 0.329 e. The number of nitrogens with one attached hydrogen (secondary N) is 1. The number of para-hydroxylation sites is 1. The number of amides is 1. The number of nitrogens with zero attached hydrogens (tertiary/aromatic N) is 4. The van der Waals surface area contributed by atoms with Gasteiger partial charge in [-0.1, -0.05) is 18.2 Å². The van der Waals surface area contributed by atoms with E-state index in [2.05, 4.69) is 15.3 Å². The number of nitrogen functional groups attached to an aromatic ring is 1. The summed E-state index contributed by atoms with van der Waals surface area (Å²) >= 11 is 0. The quantitative estimate of drug-likeness (QED) is 0.640. The van der Waals surface area contributed by atoms with Gasteiger partial charge in [0, 0.05) is 12.2 Å². The van der Waals surface area contributed by atoms with Gasteiger partial charge in [-0.3, -0.25) is 14.9 Å². The summed E-state index contributed by atoms with van der Waals surface area (Å²) in [5.41, 5.74) is 7.20. The maximum atomic E-state index is 12.6. The fraction of sp³-hybridized carbons (Fsp3) is 0.267. The van der Waals surface area contributed by atoms with Crippen LogP contribution in [0.25, 0.3) is 0 Å². The molecule has 24 heavy (non-hydrogen) atoms. The molecule has 2 aromatic rings. The number of carbonyl (C=O) groups is 1. The zero-order chi connectivity index (χ0) is 17.3. The molecule has 9 heteroatoms. The molecular weight excluding hydrogens is 312 g/mol. The van der Waals surface area contributed by atoms with Gasteiger partial charge in [-0.25, -0.2) is 4.98 Å². The van der Waals surface area contributed by atoms with Crippen LogP contribution in [0.1, 0.15) is 12.5 Å². The zero-order valence-electron chi connectivity index (χ0n) is 13.0. The molecule has 0 saturated carbocycles. The third kappa shape index (κ3) is 2.83. The summed E-state index contributed by atoms with van der Waals surface area (Å²) in [4.78, 5) is 32.1. The first-order valence-electron chi connectivity index (χ1n) is 7.40. The second-order valence-electron chi connectivity index (χ2n) is 5.46. The number of hydrogen-bond donors (Lipinski definition) is 2. The number of carbonyl (C=O) groups excluding carboxylic acids is 1. The Morgan fingerprint density at radius 1 is 1.46 bits per heavy atom. The van der Waals surface area contributed by atoms with Crippen LogP contribution in [0.4, 0.5) is 23.1 Å². The summed E-state index contributed by atoms with van der Waals surface area (Å²) in [5.74, 6) is -0.296. The maximum absolute atomic E-state index is 12.6. The first-order valence-corrected chi connectivity index (χ1v) is 7.40. The molecule has 9 nitrogen and oxygen atoms in total. The molecule has 3 N–H and O–H groups in total. The Balaban J connectivity index is 1.74. The van der Waals surface area contributed by atoms with Crippen LogP contribution >= 0.6 is 0 Å². The van der Waals surface area contributed by atoms with Crippen LogP contribution in [0.3, 0.4) is 0 Å². The number of fused-ring (bicyclic) bond motifs is 1. The van der Waals surface area contributed by atoms with Crippen LogP contribution in [0.15, 0.2) is 30.5 Å². The first kappa shape index (κ1) is 15.7. The van der Waals surface area contributed by atoms with Crippen molar-refractivity contribution in [2.75, 3.05) is 22.5 Å². The van der Waals surface area contributed by atoms with E-state index in [0.717, 1.165) is 23.9 Å². The van der Waals surface area contributed by atoms with Gasteiger partial charge in [0.25, 0.3) is 0 Å². The molecule has 1 aromatic heterocycles. The average molecular weight is 328 g/mol. The molecule has 0 fully saturated rings. The molecule has 0 radical (unpaired) electrons. The highest BCUT2D eigenvalue weighted by Gasteiger charge is 2.28. The van der Waals surface area contributed by atoms with Crippen molar-refractivity contribution in [3.63, 3.8) is 0 Å².